The van der Waals surface area contributed by atoms with E-state index < -0.39 is 0 Å². The summed E-state index contributed by atoms with van der Waals surface area (Å²) < 4.78 is 6.50. The molecule has 1 nitrogen and oxygen atoms in total. The van der Waals surface area contributed by atoms with E-state index in [1.165, 1.54) is 34.9 Å². The van der Waals surface area contributed by atoms with E-state index in [9.17, 15) is 0 Å². The van der Waals surface area contributed by atoms with Gasteiger partial charge in [0, 0.05) is 4.47 Å². The number of benzene rings is 1. The fourth-order valence-corrected chi connectivity index (χ4v) is 3.56. The van der Waals surface area contributed by atoms with E-state index in [2.05, 4.69) is 48.5 Å². The first-order chi connectivity index (χ1) is 8.94. The third kappa shape index (κ3) is 3.22. The molecule has 0 saturated heterocycles. The molecule has 19 heavy (non-hydrogen) atoms. The zero-order chi connectivity index (χ0) is 14.0. The highest BCUT2D eigenvalue weighted by atomic mass is 79.9. The molecule has 0 bridgehead atoms. The fraction of sp³-hybridized carbons (Fsp3) is 0.529. The number of allylic oxidation sites excluding steroid dienone is 1. The van der Waals surface area contributed by atoms with E-state index in [-0.39, 0.29) is 0 Å². The van der Waals surface area contributed by atoms with E-state index >= 15 is 0 Å². The Bertz CT molecular complexity index is 476. The first kappa shape index (κ1) is 14.6. The van der Waals surface area contributed by atoms with Gasteiger partial charge < -0.3 is 4.74 Å². The van der Waals surface area contributed by atoms with Crippen LogP contribution >= 0.6 is 15.9 Å². The summed E-state index contributed by atoms with van der Waals surface area (Å²) in [5.74, 6) is 1.49. The van der Waals surface area contributed by atoms with E-state index in [0.29, 0.717) is 11.3 Å². The van der Waals surface area contributed by atoms with Gasteiger partial charge in [0.2, 0.25) is 0 Å². The molecular weight excluding hydrogens is 300 g/mol. The molecule has 2 heteroatoms. The first-order valence-corrected chi connectivity index (χ1v) is 7.73. The van der Waals surface area contributed by atoms with Crippen LogP contribution in [-0.4, -0.2) is 7.11 Å². The van der Waals surface area contributed by atoms with Crippen molar-refractivity contribution in [2.75, 3.05) is 7.11 Å². The van der Waals surface area contributed by atoms with Crippen LogP contribution in [0.25, 0.3) is 0 Å². The van der Waals surface area contributed by atoms with Crippen molar-refractivity contribution in [3.05, 3.63) is 40.4 Å². The molecule has 1 unspecified atom stereocenters. The lowest BCUT2D eigenvalue weighted by molar-refractivity contribution is 0.189. The van der Waals surface area contributed by atoms with Gasteiger partial charge in [0.15, 0.2) is 0 Å². The Balaban J connectivity index is 2.26. The minimum atomic E-state index is 0.345. The quantitative estimate of drug-likeness (QED) is 0.678. The van der Waals surface area contributed by atoms with Crippen LogP contribution in [0.15, 0.2) is 34.8 Å². The summed E-state index contributed by atoms with van der Waals surface area (Å²) >= 11 is 3.66. The van der Waals surface area contributed by atoms with Gasteiger partial charge in [-0.3, -0.25) is 0 Å². The topological polar surface area (TPSA) is 9.23 Å². The molecule has 1 aromatic carbocycles. The van der Waals surface area contributed by atoms with Crippen molar-refractivity contribution in [3.63, 3.8) is 0 Å². The molecule has 0 aliphatic heterocycles. The highest BCUT2D eigenvalue weighted by molar-refractivity contribution is 9.10. The standard InChI is InChI=1S/C17H23BrO/c1-12-6-5-9-17(2,3)15(12)11-13-10-14(19-4)7-8-16(13)18/h7-8,10,15H,1,5-6,9,11H2,2-4H3. The van der Waals surface area contributed by atoms with Crippen LogP contribution in [0.5, 0.6) is 5.75 Å². The average Bonchev–Trinajstić information content (AvgIpc) is 2.35. The largest absolute Gasteiger partial charge is 0.497 e. The summed E-state index contributed by atoms with van der Waals surface area (Å²) in [6.45, 7) is 9.06. The second kappa shape index (κ2) is 5.70. The van der Waals surface area contributed by atoms with E-state index in [4.69, 9.17) is 4.74 Å². The zero-order valence-electron chi connectivity index (χ0n) is 12.1. The number of methoxy groups -OCH3 is 1. The van der Waals surface area contributed by atoms with Crippen molar-refractivity contribution in [1.29, 1.82) is 0 Å². The predicted molar refractivity (Wildman–Crippen MR) is 84.7 cm³/mol. The lowest BCUT2D eigenvalue weighted by atomic mass is 9.65. The van der Waals surface area contributed by atoms with Gasteiger partial charge in [-0.15, -0.1) is 0 Å². The molecule has 0 amide bonds. The molecule has 1 aliphatic rings. The van der Waals surface area contributed by atoms with Crippen molar-refractivity contribution in [2.24, 2.45) is 11.3 Å². The Morgan fingerprint density at radius 1 is 1.42 bits per heavy atom. The van der Waals surface area contributed by atoms with Gasteiger partial charge in [0.1, 0.15) is 5.75 Å². The summed E-state index contributed by atoms with van der Waals surface area (Å²) in [6, 6.07) is 6.21. The minimum absolute atomic E-state index is 0.345. The Morgan fingerprint density at radius 3 is 2.79 bits per heavy atom. The highest BCUT2D eigenvalue weighted by Gasteiger charge is 2.34. The average molecular weight is 323 g/mol. The summed E-state index contributed by atoms with van der Waals surface area (Å²) in [5.41, 5.74) is 3.07. The Kier molecular flexibility index (Phi) is 4.39. The van der Waals surface area contributed by atoms with Crippen molar-refractivity contribution >= 4 is 15.9 Å². The molecule has 1 fully saturated rings. The van der Waals surface area contributed by atoms with Crippen molar-refractivity contribution in [2.45, 2.75) is 39.5 Å². The monoisotopic (exact) mass is 322 g/mol. The van der Waals surface area contributed by atoms with E-state index in [0.717, 1.165) is 12.2 Å². The number of hydrogen-bond donors (Lipinski definition) is 0. The molecule has 0 aromatic heterocycles. The minimum Gasteiger partial charge on any atom is -0.497 e. The van der Waals surface area contributed by atoms with Gasteiger partial charge in [-0.1, -0.05) is 41.9 Å². The third-order valence-electron chi connectivity index (χ3n) is 4.43. The molecule has 2 rings (SSSR count). The predicted octanol–water partition coefficient (Wildman–Crippen LogP) is 5.38. The van der Waals surface area contributed by atoms with Crippen LogP contribution < -0.4 is 4.74 Å². The van der Waals surface area contributed by atoms with Crippen LogP contribution in [0.1, 0.15) is 38.7 Å². The summed E-state index contributed by atoms with van der Waals surface area (Å²) in [5, 5.41) is 0. The molecule has 1 aliphatic carbocycles. The maximum absolute atomic E-state index is 5.33. The Labute approximate surface area is 125 Å². The maximum atomic E-state index is 5.33. The first-order valence-electron chi connectivity index (χ1n) is 6.94. The molecule has 0 spiro atoms. The molecule has 1 atom stereocenters. The second-order valence-electron chi connectivity index (χ2n) is 6.21. The lowest BCUT2D eigenvalue weighted by Gasteiger charge is -2.40. The molecule has 0 N–H and O–H groups in total. The fourth-order valence-electron chi connectivity index (χ4n) is 3.15. The zero-order valence-corrected chi connectivity index (χ0v) is 13.7. The van der Waals surface area contributed by atoms with Gasteiger partial charge in [-0.2, -0.15) is 0 Å². The normalized spacial score (nSPS) is 22.3. The van der Waals surface area contributed by atoms with Crippen LogP contribution in [-0.2, 0) is 6.42 Å². The number of halogens is 1. The van der Waals surface area contributed by atoms with Crippen LogP contribution in [0.3, 0.4) is 0 Å². The SMILES string of the molecule is C=C1CCCC(C)(C)C1Cc1cc(OC)ccc1Br. The summed E-state index contributed by atoms with van der Waals surface area (Å²) in [4.78, 5) is 0. The molecule has 0 heterocycles. The number of hydrogen-bond acceptors (Lipinski definition) is 1. The van der Waals surface area contributed by atoms with Gasteiger partial charge >= 0.3 is 0 Å². The Morgan fingerprint density at radius 2 is 2.16 bits per heavy atom. The van der Waals surface area contributed by atoms with E-state index in [1.54, 1.807) is 7.11 Å². The summed E-state index contributed by atoms with van der Waals surface area (Å²) in [7, 11) is 1.72. The van der Waals surface area contributed by atoms with Crippen molar-refractivity contribution < 1.29 is 4.74 Å². The van der Waals surface area contributed by atoms with E-state index in [1.807, 2.05) is 6.07 Å². The number of ether oxygens (including phenoxy) is 1. The maximum Gasteiger partial charge on any atom is 0.119 e. The van der Waals surface area contributed by atoms with Crippen LogP contribution in [0, 0.1) is 11.3 Å². The van der Waals surface area contributed by atoms with Gasteiger partial charge in [0.05, 0.1) is 7.11 Å². The van der Waals surface area contributed by atoms with Crippen molar-refractivity contribution in [1.82, 2.24) is 0 Å². The van der Waals surface area contributed by atoms with Gasteiger partial charge in [0.25, 0.3) is 0 Å². The second-order valence-corrected chi connectivity index (χ2v) is 7.07. The van der Waals surface area contributed by atoms with Gasteiger partial charge in [-0.05, 0) is 60.8 Å². The summed E-state index contributed by atoms with van der Waals surface area (Å²) in [6.07, 6.45) is 4.79. The van der Waals surface area contributed by atoms with Crippen LogP contribution in [0.2, 0.25) is 0 Å². The molecule has 1 aromatic rings. The lowest BCUT2D eigenvalue weighted by Crippen LogP contribution is -2.31. The van der Waals surface area contributed by atoms with Gasteiger partial charge in [-0.25, -0.2) is 0 Å². The molecule has 0 radical (unpaired) electrons. The van der Waals surface area contributed by atoms with Crippen molar-refractivity contribution in [3.8, 4) is 5.75 Å². The molecular formula is C17H23BrO. The molecule has 104 valence electrons. The molecule has 1 saturated carbocycles. The number of rotatable bonds is 3. The smallest absolute Gasteiger partial charge is 0.119 e. The highest BCUT2D eigenvalue weighted by Crippen LogP contribution is 2.45. The Hall–Kier alpha value is -0.760. The third-order valence-corrected chi connectivity index (χ3v) is 5.21. The van der Waals surface area contributed by atoms with Crippen LogP contribution in [0.4, 0.5) is 0 Å².